The summed E-state index contributed by atoms with van der Waals surface area (Å²) in [5.74, 6) is 5.39. The predicted octanol–water partition coefficient (Wildman–Crippen LogP) is 2.15. The number of esters is 1. The smallest absolute Gasteiger partial charge is 0.317 e. The summed E-state index contributed by atoms with van der Waals surface area (Å²) >= 11 is 0. The Morgan fingerprint density at radius 1 is 1.35 bits per heavy atom. The van der Waals surface area contributed by atoms with Crippen molar-refractivity contribution in [3.8, 4) is 11.8 Å². The van der Waals surface area contributed by atoms with Crippen LogP contribution in [-0.2, 0) is 9.53 Å². The van der Waals surface area contributed by atoms with Gasteiger partial charge in [-0.25, -0.2) is 0 Å². The normalized spacial score (nSPS) is 9.47. The number of carbonyl (C=O) groups excluding carboxylic acids is 1. The molecule has 0 radical (unpaired) electrons. The van der Waals surface area contributed by atoms with Crippen molar-refractivity contribution in [2.45, 2.75) is 6.42 Å². The molecule has 0 unspecified atom stereocenters. The van der Waals surface area contributed by atoms with Crippen molar-refractivity contribution in [3.63, 3.8) is 0 Å². The van der Waals surface area contributed by atoms with E-state index in [0.29, 0.717) is 0 Å². The Hall–Kier alpha value is -2.34. The van der Waals surface area contributed by atoms with Gasteiger partial charge in [-0.05, 0) is 0 Å². The molecule has 2 aromatic rings. The van der Waals surface area contributed by atoms with Crippen LogP contribution in [0.1, 0.15) is 12.0 Å². The van der Waals surface area contributed by atoms with E-state index in [4.69, 9.17) is 0 Å². The molecule has 3 nitrogen and oxygen atoms in total. The Morgan fingerprint density at radius 2 is 2.18 bits per heavy atom. The maximum absolute atomic E-state index is 10.9. The largest absolute Gasteiger partial charge is 0.468 e. The molecule has 1 heterocycles. The fourth-order valence-corrected chi connectivity index (χ4v) is 1.50. The summed E-state index contributed by atoms with van der Waals surface area (Å²) in [5, 5.41) is 2.08. The van der Waals surface area contributed by atoms with Gasteiger partial charge in [-0.15, -0.1) is 0 Å². The zero-order chi connectivity index (χ0) is 12.1. The number of hydrogen-bond acceptors (Lipinski definition) is 3. The van der Waals surface area contributed by atoms with E-state index in [2.05, 4.69) is 21.6 Å². The average Bonchev–Trinajstić information content (AvgIpc) is 2.39. The Balaban J connectivity index is 2.33. The van der Waals surface area contributed by atoms with Gasteiger partial charge in [-0.1, -0.05) is 36.1 Å². The molecule has 0 spiro atoms. The first-order valence-electron chi connectivity index (χ1n) is 5.19. The Kier molecular flexibility index (Phi) is 3.37. The highest BCUT2D eigenvalue weighted by Crippen LogP contribution is 2.15. The first-order chi connectivity index (χ1) is 8.31. The summed E-state index contributed by atoms with van der Waals surface area (Å²) in [4.78, 5) is 15.0. The van der Waals surface area contributed by atoms with Crippen LogP contribution in [0.5, 0.6) is 0 Å². The number of hydrogen-bond donors (Lipinski definition) is 0. The minimum Gasteiger partial charge on any atom is -0.468 e. The van der Waals surface area contributed by atoms with E-state index >= 15 is 0 Å². The number of pyridine rings is 1. The van der Waals surface area contributed by atoms with E-state index in [9.17, 15) is 4.79 Å². The van der Waals surface area contributed by atoms with Gasteiger partial charge in [0.1, 0.15) is 6.42 Å². The molecule has 0 aliphatic heterocycles. The number of ether oxygens (including phenoxy) is 1. The number of fused-ring (bicyclic) bond motifs is 1. The highest BCUT2D eigenvalue weighted by atomic mass is 16.5. The van der Waals surface area contributed by atoms with Crippen LogP contribution in [0.3, 0.4) is 0 Å². The van der Waals surface area contributed by atoms with Crippen molar-refractivity contribution >= 4 is 16.7 Å². The van der Waals surface area contributed by atoms with E-state index in [1.165, 1.54) is 7.11 Å². The van der Waals surface area contributed by atoms with Gasteiger partial charge in [0.25, 0.3) is 0 Å². The standard InChI is InChI=1S/C14H11NO2/c1-17-14(16)8-4-6-12-10-15-9-11-5-2-3-7-13(11)12/h2-3,5,7,9-10H,8H2,1H3. The number of nitrogens with zero attached hydrogens (tertiary/aromatic N) is 1. The second kappa shape index (κ2) is 5.13. The number of aromatic nitrogens is 1. The van der Waals surface area contributed by atoms with Gasteiger partial charge >= 0.3 is 5.97 Å². The van der Waals surface area contributed by atoms with E-state index in [1.54, 1.807) is 12.4 Å². The molecule has 0 atom stereocenters. The quantitative estimate of drug-likeness (QED) is 0.551. The Labute approximate surface area is 99.4 Å². The Bertz CT molecular complexity index is 603. The van der Waals surface area contributed by atoms with Gasteiger partial charge < -0.3 is 4.74 Å². The molecular weight excluding hydrogens is 214 g/mol. The topological polar surface area (TPSA) is 39.2 Å². The van der Waals surface area contributed by atoms with Crippen molar-refractivity contribution < 1.29 is 9.53 Å². The minimum absolute atomic E-state index is 0.0969. The summed E-state index contributed by atoms with van der Waals surface area (Å²) in [6.07, 6.45) is 3.59. The average molecular weight is 225 g/mol. The maximum Gasteiger partial charge on any atom is 0.317 e. The lowest BCUT2D eigenvalue weighted by atomic mass is 10.1. The molecular formula is C14H11NO2. The van der Waals surface area contributed by atoms with Gasteiger partial charge in [0.05, 0.1) is 12.7 Å². The van der Waals surface area contributed by atoms with Crippen LogP contribution in [0, 0.1) is 11.8 Å². The number of benzene rings is 1. The fraction of sp³-hybridized carbons (Fsp3) is 0.143. The van der Waals surface area contributed by atoms with Crippen LogP contribution < -0.4 is 0 Å². The summed E-state index contributed by atoms with van der Waals surface area (Å²) in [5.41, 5.74) is 0.826. The van der Waals surface area contributed by atoms with Crippen LogP contribution >= 0.6 is 0 Å². The van der Waals surface area contributed by atoms with Crippen LogP contribution in [0.15, 0.2) is 36.7 Å². The van der Waals surface area contributed by atoms with Crippen molar-refractivity contribution in [2.75, 3.05) is 7.11 Å². The van der Waals surface area contributed by atoms with Gasteiger partial charge in [0, 0.05) is 23.2 Å². The molecule has 0 bridgehead atoms. The van der Waals surface area contributed by atoms with Crippen molar-refractivity contribution in [2.24, 2.45) is 0 Å². The number of rotatable bonds is 1. The summed E-state index contributed by atoms with van der Waals surface area (Å²) in [7, 11) is 1.35. The van der Waals surface area contributed by atoms with E-state index in [0.717, 1.165) is 16.3 Å². The van der Waals surface area contributed by atoms with Crippen molar-refractivity contribution in [1.82, 2.24) is 4.98 Å². The first kappa shape index (κ1) is 11.2. The second-order valence-corrected chi connectivity index (χ2v) is 3.46. The lowest BCUT2D eigenvalue weighted by molar-refractivity contribution is -0.139. The molecule has 2 rings (SSSR count). The van der Waals surface area contributed by atoms with Crippen LogP contribution in [0.4, 0.5) is 0 Å². The van der Waals surface area contributed by atoms with Gasteiger partial charge in [-0.2, -0.15) is 0 Å². The first-order valence-corrected chi connectivity index (χ1v) is 5.19. The molecule has 1 aromatic heterocycles. The zero-order valence-corrected chi connectivity index (χ0v) is 9.43. The predicted molar refractivity (Wildman–Crippen MR) is 65.3 cm³/mol. The summed E-state index contributed by atoms with van der Waals surface area (Å²) in [6, 6.07) is 7.87. The molecule has 0 saturated heterocycles. The lowest BCUT2D eigenvalue weighted by Crippen LogP contribution is -1.97. The van der Waals surface area contributed by atoms with Gasteiger partial charge in [-0.3, -0.25) is 9.78 Å². The molecule has 1 aromatic carbocycles. The highest BCUT2D eigenvalue weighted by Gasteiger charge is 1.98. The van der Waals surface area contributed by atoms with E-state index < -0.39 is 0 Å². The molecule has 3 heteroatoms. The molecule has 0 saturated carbocycles. The van der Waals surface area contributed by atoms with Crippen LogP contribution in [0.2, 0.25) is 0 Å². The van der Waals surface area contributed by atoms with Crippen LogP contribution in [-0.4, -0.2) is 18.1 Å². The molecule has 84 valence electrons. The third kappa shape index (κ3) is 2.61. The number of carbonyl (C=O) groups is 1. The van der Waals surface area contributed by atoms with Gasteiger partial charge in [0.15, 0.2) is 0 Å². The zero-order valence-electron chi connectivity index (χ0n) is 9.43. The Morgan fingerprint density at radius 3 is 3.00 bits per heavy atom. The molecule has 0 fully saturated rings. The van der Waals surface area contributed by atoms with Gasteiger partial charge in [0.2, 0.25) is 0 Å². The third-order valence-corrected chi connectivity index (χ3v) is 2.35. The SMILES string of the molecule is COC(=O)CC#Cc1cncc2ccccc12. The van der Waals surface area contributed by atoms with E-state index in [-0.39, 0.29) is 12.4 Å². The van der Waals surface area contributed by atoms with Crippen molar-refractivity contribution in [3.05, 3.63) is 42.2 Å². The molecule has 0 aliphatic carbocycles. The van der Waals surface area contributed by atoms with E-state index in [1.807, 2.05) is 24.3 Å². The second-order valence-electron chi connectivity index (χ2n) is 3.46. The van der Waals surface area contributed by atoms with Crippen LogP contribution in [0.25, 0.3) is 10.8 Å². The summed E-state index contributed by atoms with van der Waals surface area (Å²) in [6.45, 7) is 0. The highest BCUT2D eigenvalue weighted by molar-refractivity contribution is 5.87. The number of methoxy groups -OCH3 is 1. The lowest BCUT2D eigenvalue weighted by Gasteiger charge is -1.98. The fourth-order valence-electron chi connectivity index (χ4n) is 1.50. The maximum atomic E-state index is 10.9. The monoisotopic (exact) mass is 225 g/mol. The minimum atomic E-state index is -0.328. The molecule has 0 N–H and O–H groups in total. The third-order valence-electron chi connectivity index (χ3n) is 2.35. The molecule has 17 heavy (non-hydrogen) atoms. The molecule has 0 aliphatic rings. The summed E-state index contributed by atoms with van der Waals surface area (Å²) < 4.78 is 4.52. The molecule has 0 amide bonds. The van der Waals surface area contributed by atoms with Crippen molar-refractivity contribution in [1.29, 1.82) is 0 Å².